The van der Waals surface area contributed by atoms with Crippen molar-refractivity contribution < 1.29 is 35.8 Å². The molecule has 0 aliphatic carbocycles. The molecule has 1 amide bonds. The molecule has 0 fully saturated rings. The van der Waals surface area contributed by atoms with Crippen LogP contribution < -0.4 is 40.6 Å². The summed E-state index contributed by atoms with van der Waals surface area (Å²) in [5, 5.41) is 2.78. The Labute approximate surface area is 124 Å². The van der Waals surface area contributed by atoms with Crippen molar-refractivity contribution in [3.05, 3.63) is 0 Å². The molecule has 0 aromatic carbocycles. The largest absolute Gasteiger partial charge is 1.00 e. The maximum absolute atomic E-state index is 11.2. The van der Waals surface area contributed by atoms with Crippen LogP contribution in [0.15, 0.2) is 0 Å². The van der Waals surface area contributed by atoms with Crippen LogP contribution in [0.5, 0.6) is 0 Å². The van der Waals surface area contributed by atoms with Crippen molar-refractivity contribution in [1.29, 1.82) is 0 Å². The average molecular weight is 238 g/mol. The Morgan fingerprint density at radius 3 is 2.25 bits per heavy atom. The Morgan fingerprint density at radius 1 is 1.12 bits per heavy atom. The summed E-state index contributed by atoms with van der Waals surface area (Å²) >= 11 is 0. The maximum Gasteiger partial charge on any atom is 1.00 e. The molecule has 3 nitrogen and oxygen atoms in total. The van der Waals surface area contributed by atoms with Crippen LogP contribution >= 0.6 is 0 Å². The topological polar surface area (TPSA) is 55.1 Å². The predicted molar refractivity (Wildman–Crippen MR) is 65.8 cm³/mol. The molecule has 16 heavy (non-hydrogen) atoms. The molecule has 92 valence electrons. The van der Waals surface area contributed by atoms with Gasteiger partial charge in [-0.3, -0.25) is 4.79 Å². The van der Waals surface area contributed by atoms with Gasteiger partial charge in [0, 0.05) is 19.5 Å². The molecule has 0 radical (unpaired) electrons. The number of nitrogens with two attached hydrogens (primary N) is 1. The first-order valence-corrected chi connectivity index (χ1v) is 6.28. The van der Waals surface area contributed by atoms with Gasteiger partial charge in [0.2, 0.25) is 5.91 Å². The third-order valence-electron chi connectivity index (χ3n) is 2.47. The van der Waals surface area contributed by atoms with Crippen LogP contribution in [0, 0.1) is 0 Å². The summed E-state index contributed by atoms with van der Waals surface area (Å²) < 4.78 is 0. The Balaban J connectivity index is -0.000000980. The van der Waals surface area contributed by atoms with Crippen molar-refractivity contribution in [2.45, 2.75) is 58.3 Å². The van der Waals surface area contributed by atoms with Crippen molar-refractivity contribution in [3.63, 3.8) is 0 Å². The molecule has 0 saturated heterocycles. The molecule has 0 heterocycles. The smallest absolute Gasteiger partial charge is 1.00 e. The van der Waals surface area contributed by atoms with Gasteiger partial charge in [0.25, 0.3) is 0 Å². The Kier molecular flexibility index (Phi) is 18.1. The number of hydrogen-bond acceptors (Lipinski definition) is 2. The Hall–Kier alpha value is 0.430. The van der Waals surface area contributed by atoms with E-state index in [9.17, 15) is 4.79 Å². The summed E-state index contributed by atoms with van der Waals surface area (Å²) in [7, 11) is 0. The standard InChI is InChI=1S/C12H26N2O.Na.H/c1-2-3-4-5-6-7-8-9-12(15)14-11-10-13;;/h2-11,13H2,1H3,(H,14,15);;/q;+1;-1. The van der Waals surface area contributed by atoms with Crippen LogP contribution in [0.2, 0.25) is 0 Å². The Morgan fingerprint density at radius 2 is 1.69 bits per heavy atom. The fraction of sp³-hybridized carbons (Fsp3) is 0.917. The van der Waals surface area contributed by atoms with Crippen molar-refractivity contribution in [2.24, 2.45) is 5.73 Å². The van der Waals surface area contributed by atoms with Crippen LogP contribution in [0.4, 0.5) is 0 Å². The Bertz CT molecular complexity index is 159. The summed E-state index contributed by atoms with van der Waals surface area (Å²) in [5.41, 5.74) is 5.28. The second-order valence-electron chi connectivity index (χ2n) is 4.01. The van der Waals surface area contributed by atoms with Crippen LogP contribution in [0.3, 0.4) is 0 Å². The number of unbranched alkanes of at least 4 members (excludes halogenated alkanes) is 6. The van der Waals surface area contributed by atoms with E-state index < -0.39 is 0 Å². The van der Waals surface area contributed by atoms with E-state index in [4.69, 9.17) is 5.73 Å². The van der Waals surface area contributed by atoms with E-state index in [2.05, 4.69) is 12.2 Å². The molecule has 0 spiro atoms. The summed E-state index contributed by atoms with van der Waals surface area (Å²) in [4.78, 5) is 11.2. The number of amides is 1. The van der Waals surface area contributed by atoms with Gasteiger partial charge in [0.1, 0.15) is 0 Å². The quantitative estimate of drug-likeness (QED) is 0.391. The van der Waals surface area contributed by atoms with Gasteiger partial charge in [-0.05, 0) is 6.42 Å². The first kappa shape index (κ1) is 18.8. The molecule has 0 bridgehead atoms. The number of nitrogens with one attached hydrogen (secondary N) is 1. The monoisotopic (exact) mass is 238 g/mol. The van der Waals surface area contributed by atoms with E-state index in [1.807, 2.05) is 0 Å². The SMILES string of the molecule is CCCCCCCCCC(=O)NCCN.[H-].[Na+]. The fourth-order valence-corrected chi connectivity index (χ4v) is 1.54. The molecule has 0 aliphatic rings. The average Bonchev–Trinajstić information content (AvgIpc) is 2.25. The fourth-order valence-electron chi connectivity index (χ4n) is 1.54. The van der Waals surface area contributed by atoms with Gasteiger partial charge in [-0.15, -0.1) is 0 Å². The van der Waals surface area contributed by atoms with E-state index in [0.29, 0.717) is 19.5 Å². The molecule has 0 saturated carbocycles. The molecule has 0 rings (SSSR count). The normalized spacial score (nSPS) is 9.62. The van der Waals surface area contributed by atoms with Crippen LogP contribution in [-0.4, -0.2) is 19.0 Å². The van der Waals surface area contributed by atoms with E-state index >= 15 is 0 Å². The van der Waals surface area contributed by atoms with Gasteiger partial charge in [0.05, 0.1) is 0 Å². The number of carbonyl (C=O) groups excluding carboxylic acids is 1. The second kappa shape index (κ2) is 15.4. The summed E-state index contributed by atoms with van der Waals surface area (Å²) in [6.45, 7) is 3.36. The van der Waals surface area contributed by atoms with E-state index in [-0.39, 0.29) is 36.9 Å². The molecule has 0 unspecified atom stereocenters. The van der Waals surface area contributed by atoms with Crippen LogP contribution in [-0.2, 0) is 4.79 Å². The maximum atomic E-state index is 11.2. The summed E-state index contributed by atoms with van der Waals surface area (Å²) in [5.74, 6) is 0.147. The van der Waals surface area contributed by atoms with Crippen LogP contribution in [0.25, 0.3) is 0 Å². The van der Waals surface area contributed by atoms with E-state index in [0.717, 1.165) is 6.42 Å². The zero-order valence-electron chi connectivity index (χ0n) is 12.1. The van der Waals surface area contributed by atoms with Crippen molar-refractivity contribution in [1.82, 2.24) is 5.32 Å². The molecule has 0 aromatic rings. The van der Waals surface area contributed by atoms with Gasteiger partial charge in [-0.2, -0.15) is 0 Å². The van der Waals surface area contributed by atoms with Gasteiger partial charge >= 0.3 is 29.6 Å². The van der Waals surface area contributed by atoms with E-state index in [1.165, 1.54) is 38.5 Å². The van der Waals surface area contributed by atoms with Crippen molar-refractivity contribution in [2.75, 3.05) is 13.1 Å². The molecule has 3 N–H and O–H groups in total. The zero-order chi connectivity index (χ0) is 11.4. The van der Waals surface area contributed by atoms with Gasteiger partial charge in [-0.25, -0.2) is 0 Å². The van der Waals surface area contributed by atoms with Gasteiger partial charge in [-0.1, -0.05) is 45.4 Å². The number of carbonyl (C=O) groups is 1. The molecule has 0 aromatic heterocycles. The first-order chi connectivity index (χ1) is 7.31. The minimum Gasteiger partial charge on any atom is -1.00 e. The predicted octanol–water partition coefficient (Wildman–Crippen LogP) is -0.681. The minimum absolute atomic E-state index is 0. The number of hydrogen-bond donors (Lipinski definition) is 2. The molecular formula is C12H27N2NaO. The molecule has 0 atom stereocenters. The van der Waals surface area contributed by atoms with E-state index in [1.54, 1.807) is 0 Å². The minimum atomic E-state index is 0. The number of rotatable bonds is 10. The third-order valence-corrected chi connectivity index (χ3v) is 2.47. The van der Waals surface area contributed by atoms with Crippen molar-refractivity contribution in [3.8, 4) is 0 Å². The zero-order valence-corrected chi connectivity index (χ0v) is 13.1. The first-order valence-electron chi connectivity index (χ1n) is 6.28. The summed E-state index contributed by atoms with van der Waals surface area (Å²) in [6, 6.07) is 0. The van der Waals surface area contributed by atoms with Crippen molar-refractivity contribution >= 4 is 5.91 Å². The van der Waals surface area contributed by atoms with Gasteiger partial charge < -0.3 is 12.5 Å². The van der Waals surface area contributed by atoms with Crippen LogP contribution in [0.1, 0.15) is 59.7 Å². The molecule has 4 heteroatoms. The second-order valence-corrected chi connectivity index (χ2v) is 4.01. The molecule has 0 aliphatic heterocycles. The summed E-state index contributed by atoms with van der Waals surface area (Å²) in [6.07, 6.45) is 9.42. The third kappa shape index (κ3) is 14.4. The van der Waals surface area contributed by atoms with Gasteiger partial charge in [0.15, 0.2) is 0 Å². The molecular weight excluding hydrogens is 211 g/mol.